The number of hydrogen-bond acceptors (Lipinski definition) is 2. The molecule has 0 atom stereocenters. The Balaban J connectivity index is 0. The van der Waals surface area contributed by atoms with Gasteiger partial charge in [0, 0.05) is 0 Å². The largest absolute Gasteiger partial charge is 1.00 e. The van der Waals surface area contributed by atoms with Crippen molar-refractivity contribution in [1.29, 1.82) is 0 Å². The fourth-order valence-corrected chi connectivity index (χ4v) is 0. The third-order valence-corrected chi connectivity index (χ3v) is 1.20. The minimum Gasteiger partial charge on any atom is -0.548 e. The number of carbonyl (C=O) groups excluding carboxylic acids is 1. The molecule has 0 N–H and O–H groups in total. The van der Waals surface area contributed by atoms with E-state index in [-0.39, 0.29) is 29.6 Å². The SMILES string of the molecule is O=C([O-])C(I)I.[Na+]. The summed E-state index contributed by atoms with van der Waals surface area (Å²) in [7, 11) is 0. The zero-order chi connectivity index (χ0) is 5.15. The fourth-order valence-electron chi connectivity index (χ4n) is 0. The summed E-state index contributed by atoms with van der Waals surface area (Å²) < 4.78 is -0.403. The van der Waals surface area contributed by atoms with Gasteiger partial charge >= 0.3 is 29.6 Å². The molecule has 0 aromatic rings. The molecule has 0 spiro atoms. The van der Waals surface area contributed by atoms with Crippen LogP contribution in [0.15, 0.2) is 0 Å². The van der Waals surface area contributed by atoms with Crippen molar-refractivity contribution in [2.24, 2.45) is 0 Å². The molecular weight excluding hydrogens is 333 g/mol. The Morgan fingerprint density at radius 1 is 1.57 bits per heavy atom. The fraction of sp³-hybridized carbons (Fsp3) is 0.500. The van der Waals surface area contributed by atoms with E-state index in [4.69, 9.17) is 0 Å². The predicted octanol–water partition coefficient (Wildman–Crippen LogP) is -3.06. The number of halogens is 2. The third kappa shape index (κ3) is 7.93. The normalized spacial score (nSPS) is 7.86. The number of hydrogen-bond donors (Lipinski definition) is 0. The van der Waals surface area contributed by atoms with Gasteiger partial charge in [-0.1, -0.05) is 45.2 Å². The van der Waals surface area contributed by atoms with Crippen molar-refractivity contribution in [3.63, 3.8) is 0 Å². The van der Waals surface area contributed by atoms with Crippen molar-refractivity contribution >= 4 is 51.2 Å². The minimum absolute atomic E-state index is 0. The Labute approximate surface area is 91.0 Å². The molecule has 0 heterocycles. The van der Waals surface area contributed by atoms with E-state index >= 15 is 0 Å². The topological polar surface area (TPSA) is 40.1 Å². The molecule has 0 aromatic heterocycles. The van der Waals surface area contributed by atoms with Crippen LogP contribution < -0.4 is 34.7 Å². The van der Waals surface area contributed by atoms with Crippen LogP contribution in [-0.2, 0) is 4.79 Å². The Morgan fingerprint density at radius 3 is 1.71 bits per heavy atom. The van der Waals surface area contributed by atoms with Gasteiger partial charge in [-0.3, -0.25) is 0 Å². The molecule has 36 valence electrons. The maximum Gasteiger partial charge on any atom is 1.00 e. The second kappa shape index (κ2) is 6.06. The van der Waals surface area contributed by atoms with Gasteiger partial charge in [0.1, 0.15) is 1.93 Å². The molecule has 0 amide bonds. The monoisotopic (exact) mass is 334 g/mol. The Bertz CT molecular complexity index is 64.7. The number of carbonyl (C=O) groups is 1. The summed E-state index contributed by atoms with van der Waals surface area (Å²) in [6, 6.07) is 0. The standard InChI is InChI=1S/C2H2I2O2.Na/c3-1(4)2(5)6;/h1H,(H,5,6);/q;+1/p-1. The molecule has 5 heteroatoms. The molecule has 0 aromatic carbocycles. The van der Waals surface area contributed by atoms with Gasteiger partial charge in [-0.2, -0.15) is 0 Å². The second-order valence-electron chi connectivity index (χ2n) is 0.620. The summed E-state index contributed by atoms with van der Waals surface area (Å²) in [6.45, 7) is 0. The van der Waals surface area contributed by atoms with Crippen LogP contribution in [0.1, 0.15) is 0 Å². The maximum absolute atomic E-state index is 9.57. The average Bonchev–Trinajstić information content (AvgIpc) is 1.36. The van der Waals surface area contributed by atoms with Crippen LogP contribution in [0, 0.1) is 0 Å². The van der Waals surface area contributed by atoms with E-state index in [1.165, 1.54) is 0 Å². The third-order valence-electron chi connectivity index (χ3n) is 0.178. The van der Waals surface area contributed by atoms with Crippen LogP contribution in [0.5, 0.6) is 0 Å². The first-order valence-corrected chi connectivity index (χ1v) is 3.62. The smallest absolute Gasteiger partial charge is 0.548 e. The van der Waals surface area contributed by atoms with Crippen LogP contribution in [0.3, 0.4) is 0 Å². The van der Waals surface area contributed by atoms with Gasteiger partial charge in [0.25, 0.3) is 0 Å². The Morgan fingerprint density at radius 2 is 1.71 bits per heavy atom. The maximum atomic E-state index is 9.57. The number of carboxylic acids is 1. The first kappa shape index (κ1) is 11.7. The van der Waals surface area contributed by atoms with E-state index < -0.39 is 7.90 Å². The van der Waals surface area contributed by atoms with Gasteiger partial charge in [-0.15, -0.1) is 0 Å². The molecule has 0 rings (SSSR count). The molecule has 0 saturated carbocycles. The first-order chi connectivity index (χ1) is 2.64. The van der Waals surface area contributed by atoms with E-state index in [9.17, 15) is 9.90 Å². The molecular formula is C2HI2NaO2. The molecule has 0 aliphatic rings. The molecule has 7 heavy (non-hydrogen) atoms. The van der Waals surface area contributed by atoms with Gasteiger partial charge in [-0.05, 0) is 0 Å². The molecule has 0 unspecified atom stereocenters. The molecule has 0 bridgehead atoms. The summed E-state index contributed by atoms with van der Waals surface area (Å²) in [5, 5.41) is 9.57. The van der Waals surface area contributed by atoms with Crippen molar-refractivity contribution < 1.29 is 39.5 Å². The van der Waals surface area contributed by atoms with Gasteiger partial charge in [-0.25, -0.2) is 0 Å². The number of aliphatic carboxylic acids is 1. The Hall–Kier alpha value is 1.93. The van der Waals surface area contributed by atoms with Crippen molar-refractivity contribution in [1.82, 2.24) is 0 Å². The molecule has 0 fully saturated rings. The molecule has 0 aliphatic heterocycles. The second-order valence-corrected chi connectivity index (χ2v) is 5.49. The summed E-state index contributed by atoms with van der Waals surface area (Å²) in [4.78, 5) is 9.57. The molecule has 0 radical (unpaired) electrons. The number of carboxylic acid groups (broad SMARTS) is 1. The number of rotatable bonds is 1. The van der Waals surface area contributed by atoms with Crippen LogP contribution in [0.2, 0.25) is 0 Å². The van der Waals surface area contributed by atoms with Crippen molar-refractivity contribution in [3.05, 3.63) is 0 Å². The molecule has 0 saturated heterocycles. The summed E-state index contributed by atoms with van der Waals surface area (Å²) in [5.41, 5.74) is 0. The molecule has 0 aliphatic carbocycles. The number of alkyl halides is 2. The summed E-state index contributed by atoms with van der Waals surface area (Å²) in [6.07, 6.45) is 0. The van der Waals surface area contributed by atoms with Crippen molar-refractivity contribution in [3.8, 4) is 0 Å². The average molecular weight is 334 g/mol. The van der Waals surface area contributed by atoms with Gasteiger partial charge < -0.3 is 9.90 Å². The zero-order valence-corrected chi connectivity index (χ0v) is 9.96. The van der Waals surface area contributed by atoms with Gasteiger partial charge in [0.15, 0.2) is 0 Å². The van der Waals surface area contributed by atoms with E-state index in [0.717, 1.165) is 0 Å². The summed E-state index contributed by atoms with van der Waals surface area (Å²) >= 11 is 3.51. The van der Waals surface area contributed by atoms with Crippen molar-refractivity contribution in [2.75, 3.05) is 0 Å². The van der Waals surface area contributed by atoms with Crippen LogP contribution in [0.25, 0.3) is 0 Å². The van der Waals surface area contributed by atoms with E-state index in [1.54, 1.807) is 45.2 Å². The minimum atomic E-state index is -1.02. The zero-order valence-electron chi connectivity index (χ0n) is 3.65. The van der Waals surface area contributed by atoms with E-state index in [0.29, 0.717) is 0 Å². The van der Waals surface area contributed by atoms with Crippen molar-refractivity contribution in [2.45, 2.75) is 1.93 Å². The van der Waals surface area contributed by atoms with Crippen LogP contribution >= 0.6 is 45.2 Å². The quantitative estimate of drug-likeness (QED) is 0.290. The first-order valence-electron chi connectivity index (χ1n) is 1.13. The van der Waals surface area contributed by atoms with Crippen LogP contribution in [-0.4, -0.2) is 7.90 Å². The van der Waals surface area contributed by atoms with Crippen LogP contribution in [0.4, 0.5) is 0 Å². The predicted molar refractivity (Wildman–Crippen MR) is 36.8 cm³/mol. The van der Waals surface area contributed by atoms with Gasteiger partial charge in [0.05, 0.1) is 5.97 Å². The van der Waals surface area contributed by atoms with E-state index in [1.807, 2.05) is 0 Å². The van der Waals surface area contributed by atoms with E-state index in [2.05, 4.69) is 0 Å². The van der Waals surface area contributed by atoms with Gasteiger partial charge in [0.2, 0.25) is 0 Å². The summed E-state index contributed by atoms with van der Waals surface area (Å²) in [5.74, 6) is -1.02. The Kier molecular flexibility index (Phi) is 10.1. The molecule has 2 nitrogen and oxygen atoms in total.